The van der Waals surface area contributed by atoms with Crippen molar-refractivity contribution in [2.45, 2.75) is 6.42 Å². The van der Waals surface area contributed by atoms with Crippen LogP contribution < -0.4 is 16.4 Å². The number of nitrogens with two attached hydrogens (primary N) is 1. The van der Waals surface area contributed by atoms with Crippen LogP contribution in [0.15, 0.2) is 48.5 Å². The average molecular weight is 304 g/mol. The molecule has 0 heterocycles. The first-order valence-electron chi connectivity index (χ1n) is 6.24. The Labute approximate surface area is 127 Å². The molecule has 2 rings (SSSR count). The summed E-state index contributed by atoms with van der Waals surface area (Å²) in [5, 5.41) is 5.97. The molecule has 0 saturated heterocycles. The van der Waals surface area contributed by atoms with Gasteiger partial charge in [-0.3, -0.25) is 4.79 Å². The molecular formula is C15H14ClN3O2. The molecule has 4 N–H and O–H groups in total. The van der Waals surface area contributed by atoms with Gasteiger partial charge in [-0.2, -0.15) is 0 Å². The number of anilines is 2. The molecule has 0 bridgehead atoms. The van der Waals surface area contributed by atoms with Crippen LogP contribution in [0.5, 0.6) is 0 Å². The number of hydrogen-bond acceptors (Lipinski definition) is 2. The van der Waals surface area contributed by atoms with Crippen LogP contribution in [0, 0.1) is 0 Å². The number of urea groups is 1. The predicted octanol–water partition coefficient (Wildman–Crippen LogP) is 3.01. The fourth-order valence-corrected chi connectivity index (χ4v) is 1.86. The number of benzene rings is 2. The summed E-state index contributed by atoms with van der Waals surface area (Å²) in [5.74, 6) is -0.392. The minimum atomic E-state index is -0.392. The molecule has 2 aromatic carbocycles. The van der Waals surface area contributed by atoms with Crippen LogP contribution in [0.4, 0.5) is 16.2 Å². The normalized spacial score (nSPS) is 9.95. The van der Waals surface area contributed by atoms with Gasteiger partial charge in [0.1, 0.15) is 0 Å². The molecule has 3 amide bonds. The van der Waals surface area contributed by atoms with E-state index in [1.807, 2.05) is 0 Å². The lowest BCUT2D eigenvalue weighted by molar-refractivity contribution is -0.117. The Hall–Kier alpha value is -2.53. The van der Waals surface area contributed by atoms with Crippen molar-refractivity contribution in [1.29, 1.82) is 0 Å². The fraction of sp³-hybridized carbons (Fsp3) is 0.0667. The predicted molar refractivity (Wildman–Crippen MR) is 83.4 cm³/mol. The lowest BCUT2D eigenvalue weighted by Gasteiger charge is -2.08. The van der Waals surface area contributed by atoms with Crippen molar-refractivity contribution in [1.82, 2.24) is 0 Å². The molecule has 0 aliphatic heterocycles. The average Bonchev–Trinajstić information content (AvgIpc) is 2.43. The van der Waals surface area contributed by atoms with Gasteiger partial charge >= 0.3 is 6.03 Å². The molecule has 0 saturated carbocycles. The number of primary amides is 1. The Morgan fingerprint density at radius 3 is 1.86 bits per heavy atom. The van der Waals surface area contributed by atoms with E-state index in [1.54, 1.807) is 48.5 Å². The van der Waals surface area contributed by atoms with E-state index in [1.165, 1.54) is 0 Å². The number of carbonyl (C=O) groups is 2. The highest BCUT2D eigenvalue weighted by atomic mass is 35.5. The Kier molecular flexibility index (Phi) is 4.79. The number of hydrogen-bond donors (Lipinski definition) is 3. The van der Waals surface area contributed by atoms with Crippen LogP contribution in [0.1, 0.15) is 5.56 Å². The van der Waals surface area contributed by atoms with Crippen LogP contribution in [-0.2, 0) is 11.2 Å². The van der Waals surface area contributed by atoms with Crippen molar-refractivity contribution in [2.24, 2.45) is 5.73 Å². The third-order valence-corrected chi connectivity index (χ3v) is 2.94. The van der Waals surface area contributed by atoms with E-state index in [4.69, 9.17) is 17.3 Å². The molecule has 0 aliphatic carbocycles. The van der Waals surface area contributed by atoms with Gasteiger partial charge in [0.15, 0.2) is 0 Å². The van der Waals surface area contributed by atoms with Crippen LogP contribution in [-0.4, -0.2) is 11.9 Å². The van der Waals surface area contributed by atoms with E-state index in [0.717, 1.165) is 5.56 Å². The fourth-order valence-electron chi connectivity index (χ4n) is 1.73. The van der Waals surface area contributed by atoms with Gasteiger partial charge in [-0.05, 0) is 42.0 Å². The number of carbonyl (C=O) groups excluding carboxylic acids is 2. The molecular weight excluding hydrogens is 290 g/mol. The second kappa shape index (κ2) is 6.76. The number of amides is 3. The molecule has 0 fully saturated rings. The standard InChI is InChI=1S/C15H14ClN3O2/c16-11-3-7-13(8-4-11)19-15(21)18-12-5-1-10(2-6-12)9-14(17)20/h1-8H,9H2,(H2,17,20)(H2,18,19,21). The first-order chi connectivity index (χ1) is 10.0. The Balaban J connectivity index is 1.93. The third kappa shape index (κ3) is 4.81. The lowest BCUT2D eigenvalue weighted by atomic mass is 10.1. The van der Waals surface area contributed by atoms with Gasteiger partial charge < -0.3 is 16.4 Å². The SMILES string of the molecule is NC(=O)Cc1ccc(NC(=O)Nc2ccc(Cl)cc2)cc1. The smallest absolute Gasteiger partial charge is 0.323 e. The molecule has 108 valence electrons. The first kappa shape index (κ1) is 14.9. The van der Waals surface area contributed by atoms with Gasteiger partial charge in [0, 0.05) is 16.4 Å². The zero-order valence-electron chi connectivity index (χ0n) is 11.1. The van der Waals surface area contributed by atoms with E-state index < -0.39 is 5.91 Å². The second-order valence-corrected chi connectivity index (χ2v) is 4.86. The molecule has 0 aliphatic rings. The molecule has 2 aromatic rings. The molecule has 21 heavy (non-hydrogen) atoms. The summed E-state index contributed by atoms with van der Waals surface area (Å²) >= 11 is 5.77. The summed E-state index contributed by atoms with van der Waals surface area (Å²) in [7, 11) is 0. The van der Waals surface area contributed by atoms with Gasteiger partial charge in [-0.1, -0.05) is 23.7 Å². The van der Waals surface area contributed by atoms with Crippen molar-refractivity contribution in [3.63, 3.8) is 0 Å². The van der Waals surface area contributed by atoms with Gasteiger partial charge in [0.2, 0.25) is 5.91 Å². The van der Waals surface area contributed by atoms with E-state index in [9.17, 15) is 9.59 Å². The third-order valence-electron chi connectivity index (χ3n) is 2.69. The highest BCUT2D eigenvalue weighted by Crippen LogP contribution is 2.14. The molecule has 0 radical (unpaired) electrons. The Morgan fingerprint density at radius 2 is 1.38 bits per heavy atom. The van der Waals surface area contributed by atoms with Crippen molar-refractivity contribution < 1.29 is 9.59 Å². The van der Waals surface area contributed by atoms with Gasteiger partial charge in [-0.25, -0.2) is 4.79 Å². The van der Waals surface area contributed by atoms with Crippen LogP contribution in [0.3, 0.4) is 0 Å². The second-order valence-electron chi connectivity index (χ2n) is 4.43. The Bertz CT molecular complexity index is 639. The summed E-state index contributed by atoms with van der Waals surface area (Å²) in [6.45, 7) is 0. The maximum absolute atomic E-state index is 11.8. The molecule has 6 heteroatoms. The van der Waals surface area contributed by atoms with Crippen LogP contribution in [0.2, 0.25) is 5.02 Å². The van der Waals surface area contributed by atoms with Crippen molar-refractivity contribution in [3.05, 3.63) is 59.1 Å². The van der Waals surface area contributed by atoms with Crippen LogP contribution in [0.25, 0.3) is 0 Å². The highest BCUT2D eigenvalue weighted by molar-refractivity contribution is 6.30. The van der Waals surface area contributed by atoms with E-state index in [-0.39, 0.29) is 12.5 Å². The monoisotopic (exact) mass is 303 g/mol. The van der Waals surface area contributed by atoms with Gasteiger partial charge in [-0.15, -0.1) is 0 Å². The number of rotatable bonds is 4. The molecule has 0 spiro atoms. The summed E-state index contributed by atoms with van der Waals surface area (Å²) in [6, 6.07) is 13.3. The largest absolute Gasteiger partial charge is 0.369 e. The highest BCUT2D eigenvalue weighted by Gasteiger charge is 2.03. The molecule has 0 atom stereocenters. The summed E-state index contributed by atoms with van der Waals surface area (Å²) in [6.07, 6.45) is 0.178. The molecule has 5 nitrogen and oxygen atoms in total. The Morgan fingerprint density at radius 1 is 0.905 bits per heavy atom. The number of halogens is 1. The summed E-state index contributed by atoms with van der Waals surface area (Å²) in [5.41, 5.74) is 7.17. The first-order valence-corrected chi connectivity index (χ1v) is 6.61. The van der Waals surface area contributed by atoms with E-state index in [2.05, 4.69) is 10.6 Å². The van der Waals surface area contributed by atoms with Gasteiger partial charge in [0.25, 0.3) is 0 Å². The van der Waals surface area contributed by atoms with Gasteiger partial charge in [0.05, 0.1) is 6.42 Å². The van der Waals surface area contributed by atoms with Crippen molar-refractivity contribution >= 4 is 34.9 Å². The lowest BCUT2D eigenvalue weighted by Crippen LogP contribution is -2.19. The molecule has 0 unspecified atom stereocenters. The van der Waals surface area contributed by atoms with Crippen LogP contribution >= 0.6 is 11.6 Å². The maximum Gasteiger partial charge on any atom is 0.323 e. The summed E-state index contributed by atoms with van der Waals surface area (Å²) < 4.78 is 0. The van der Waals surface area contributed by atoms with E-state index >= 15 is 0 Å². The van der Waals surface area contributed by atoms with Crippen molar-refractivity contribution in [2.75, 3.05) is 10.6 Å². The summed E-state index contributed by atoms with van der Waals surface area (Å²) in [4.78, 5) is 22.6. The minimum Gasteiger partial charge on any atom is -0.369 e. The minimum absolute atomic E-state index is 0.178. The maximum atomic E-state index is 11.8. The zero-order chi connectivity index (χ0) is 15.2. The quantitative estimate of drug-likeness (QED) is 0.811. The number of nitrogens with one attached hydrogen (secondary N) is 2. The van der Waals surface area contributed by atoms with Crippen molar-refractivity contribution in [3.8, 4) is 0 Å². The zero-order valence-corrected chi connectivity index (χ0v) is 11.9. The van der Waals surface area contributed by atoms with E-state index in [0.29, 0.717) is 16.4 Å². The topological polar surface area (TPSA) is 84.2 Å². The molecule has 0 aromatic heterocycles.